The van der Waals surface area contributed by atoms with Gasteiger partial charge in [-0.2, -0.15) is 0 Å². The minimum Gasteiger partial charge on any atom is -0.367 e. The molecule has 0 aromatic heterocycles. The first-order chi connectivity index (χ1) is 8.63. The van der Waals surface area contributed by atoms with Crippen LogP contribution < -0.4 is 10.2 Å². The molecule has 0 radical (unpaired) electrons. The van der Waals surface area contributed by atoms with E-state index in [4.69, 9.17) is 11.6 Å². The van der Waals surface area contributed by atoms with Crippen LogP contribution in [0.2, 0.25) is 5.02 Å². The third-order valence-electron chi connectivity index (χ3n) is 3.27. The van der Waals surface area contributed by atoms with Crippen molar-refractivity contribution in [3.05, 3.63) is 28.8 Å². The Balaban J connectivity index is 2.32. The first-order valence-corrected chi connectivity index (χ1v) is 7.20. The lowest BCUT2D eigenvalue weighted by atomic mass is 10.1. The van der Waals surface area contributed by atoms with Crippen molar-refractivity contribution in [2.45, 2.75) is 39.3 Å². The van der Waals surface area contributed by atoms with Crippen LogP contribution in [0.3, 0.4) is 0 Å². The zero-order valence-electron chi connectivity index (χ0n) is 11.5. The van der Waals surface area contributed by atoms with E-state index in [1.54, 1.807) is 0 Å². The average Bonchev–Trinajstić information content (AvgIpc) is 3.11. The van der Waals surface area contributed by atoms with Crippen LogP contribution in [0.25, 0.3) is 0 Å². The predicted molar refractivity (Wildman–Crippen MR) is 79.4 cm³/mol. The van der Waals surface area contributed by atoms with Gasteiger partial charge < -0.3 is 10.2 Å². The van der Waals surface area contributed by atoms with E-state index in [1.807, 2.05) is 19.2 Å². The van der Waals surface area contributed by atoms with Crippen molar-refractivity contribution in [1.29, 1.82) is 0 Å². The summed E-state index contributed by atoms with van der Waals surface area (Å²) >= 11 is 6.45. The zero-order chi connectivity index (χ0) is 13.1. The molecule has 1 saturated carbocycles. The Morgan fingerprint density at radius 3 is 2.67 bits per heavy atom. The molecule has 100 valence electrons. The van der Waals surface area contributed by atoms with E-state index in [0.717, 1.165) is 18.1 Å². The molecule has 1 fully saturated rings. The van der Waals surface area contributed by atoms with Crippen molar-refractivity contribution in [3.63, 3.8) is 0 Å². The van der Waals surface area contributed by atoms with Gasteiger partial charge in [-0.3, -0.25) is 0 Å². The molecule has 0 heterocycles. The van der Waals surface area contributed by atoms with Crippen LogP contribution in [0, 0.1) is 5.92 Å². The van der Waals surface area contributed by atoms with Crippen molar-refractivity contribution in [3.8, 4) is 0 Å². The van der Waals surface area contributed by atoms with Crippen LogP contribution >= 0.6 is 11.6 Å². The van der Waals surface area contributed by atoms with Crippen LogP contribution in [-0.2, 0) is 6.54 Å². The maximum atomic E-state index is 6.45. The highest BCUT2D eigenvalue weighted by molar-refractivity contribution is 6.33. The number of halogens is 1. The van der Waals surface area contributed by atoms with Crippen LogP contribution in [0.15, 0.2) is 18.2 Å². The van der Waals surface area contributed by atoms with E-state index < -0.39 is 0 Å². The quantitative estimate of drug-likeness (QED) is 0.845. The highest BCUT2D eigenvalue weighted by Gasteiger charge is 2.31. The summed E-state index contributed by atoms with van der Waals surface area (Å²) in [6, 6.07) is 6.92. The Morgan fingerprint density at radius 2 is 2.11 bits per heavy atom. The van der Waals surface area contributed by atoms with Gasteiger partial charge in [0, 0.05) is 19.1 Å². The van der Waals surface area contributed by atoms with Gasteiger partial charge in [0.25, 0.3) is 0 Å². The smallest absolute Gasteiger partial charge is 0.0643 e. The molecule has 0 atom stereocenters. The molecule has 0 aliphatic heterocycles. The molecular formula is C15H23ClN2. The number of hydrogen-bond acceptors (Lipinski definition) is 2. The van der Waals surface area contributed by atoms with E-state index >= 15 is 0 Å². The van der Waals surface area contributed by atoms with E-state index in [0.29, 0.717) is 12.0 Å². The van der Waals surface area contributed by atoms with Gasteiger partial charge in [0.05, 0.1) is 10.7 Å². The molecule has 1 aromatic rings. The van der Waals surface area contributed by atoms with Gasteiger partial charge in [-0.25, -0.2) is 0 Å². The first kappa shape index (κ1) is 13.7. The lowest BCUT2D eigenvalue weighted by Crippen LogP contribution is -2.31. The molecule has 0 saturated heterocycles. The molecule has 1 N–H and O–H groups in total. The van der Waals surface area contributed by atoms with E-state index in [-0.39, 0.29) is 0 Å². The lowest BCUT2D eigenvalue weighted by molar-refractivity contribution is 0.605. The molecule has 0 bridgehead atoms. The van der Waals surface area contributed by atoms with Crippen molar-refractivity contribution < 1.29 is 0 Å². The van der Waals surface area contributed by atoms with E-state index in [2.05, 4.69) is 30.1 Å². The summed E-state index contributed by atoms with van der Waals surface area (Å²) in [5.74, 6) is 0.657. The Morgan fingerprint density at radius 1 is 1.39 bits per heavy atom. The fourth-order valence-corrected chi connectivity index (χ4v) is 2.72. The fourth-order valence-electron chi connectivity index (χ4n) is 2.42. The number of para-hydroxylation sites is 1. The highest BCUT2D eigenvalue weighted by Crippen LogP contribution is 2.38. The molecule has 0 amide bonds. The summed E-state index contributed by atoms with van der Waals surface area (Å²) in [7, 11) is 1.98. The minimum atomic E-state index is 0.657. The number of rotatable bonds is 6. The molecule has 3 heteroatoms. The minimum absolute atomic E-state index is 0.657. The molecule has 18 heavy (non-hydrogen) atoms. The third kappa shape index (κ3) is 3.18. The van der Waals surface area contributed by atoms with Crippen LogP contribution in [0.4, 0.5) is 5.69 Å². The van der Waals surface area contributed by atoms with Crippen LogP contribution in [0.1, 0.15) is 32.3 Å². The molecule has 1 aromatic carbocycles. The molecule has 2 nitrogen and oxygen atoms in total. The van der Waals surface area contributed by atoms with Crippen LogP contribution in [-0.4, -0.2) is 19.6 Å². The summed E-state index contributed by atoms with van der Waals surface area (Å²) in [5, 5.41) is 4.12. The third-order valence-corrected chi connectivity index (χ3v) is 3.58. The molecule has 2 rings (SSSR count). The van der Waals surface area contributed by atoms with Gasteiger partial charge in [0.15, 0.2) is 0 Å². The fraction of sp³-hybridized carbons (Fsp3) is 0.600. The monoisotopic (exact) mass is 266 g/mol. The van der Waals surface area contributed by atoms with Gasteiger partial charge in [-0.05, 0) is 37.4 Å². The number of nitrogens with zero attached hydrogens (tertiary/aromatic N) is 1. The van der Waals surface area contributed by atoms with Gasteiger partial charge in [0.1, 0.15) is 0 Å². The zero-order valence-corrected chi connectivity index (χ0v) is 12.3. The maximum absolute atomic E-state index is 6.45. The second-order valence-electron chi connectivity index (χ2n) is 5.56. The van der Waals surface area contributed by atoms with Crippen molar-refractivity contribution in [1.82, 2.24) is 5.32 Å². The van der Waals surface area contributed by atoms with Gasteiger partial charge in [-0.15, -0.1) is 0 Å². The summed E-state index contributed by atoms with van der Waals surface area (Å²) in [4.78, 5) is 2.51. The lowest BCUT2D eigenvalue weighted by Gasteiger charge is -2.30. The van der Waals surface area contributed by atoms with Crippen molar-refractivity contribution in [2.24, 2.45) is 5.92 Å². The summed E-state index contributed by atoms with van der Waals surface area (Å²) in [6.07, 6.45) is 2.61. The number of hydrogen-bond donors (Lipinski definition) is 1. The van der Waals surface area contributed by atoms with E-state index in [1.165, 1.54) is 24.1 Å². The Labute approximate surface area is 115 Å². The average molecular weight is 267 g/mol. The Kier molecular flexibility index (Phi) is 4.52. The number of benzene rings is 1. The molecule has 1 aliphatic carbocycles. The number of nitrogens with one attached hydrogen (secondary N) is 1. The standard InChI is InChI=1S/C15H23ClN2/c1-11(2)10-18(13-7-8-13)15-12(9-17-3)5-4-6-14(15)16/h4-6,11,13,17H,7-10H2,1-3H3. The largest absolute Gasteiger partial charge is 0.367 e. The van der Waals surface area contributed by atoms with E-state index in [9.17, 15) is 0 Å². The Hall–Kier alpha value is -0.730. The summed E-state index contributed by atoms with van der Waals surface area (Å²) < 4.78 is 0. The van der Waals surface area contributed by atoms with Gasteiger partial charge in [0.2, 0.25) is 0 Å². The van der Waals surface area contributed by atoms with Crippen LogP contribution in [0.5, 0.6) is 0 Å². The maximum Gasteiger partial charge on any atom is 0.0643 e. The summed E-state index contributed by atoms with van der Waals surface area (Å²) in [5.41, 5.74) is 2.54. The normalized spacial score (nSPS) is 15.2. The molecule has 1 aliphatic rings. The SMILES string of the molecule is CNCc1cccc(Cl)c1N(CC(C)C)C1CC1. The topological polar surface area (TPSA) is 15.3 Å². The second-order valence-corrected chi connectivity index (χ2v) is 5.96. The first-order valence-electron chi connectivity index (χ1n) is 6.82. The predicted octanol–water partition coefficient (Wildman–Crippen LogP) is 3.68. The number of anilines is 1. The van der Waals surface area contributed by atoms with Gasteiger partial charge >= 0.3 is 0 Å². The molecule has 0 spiro atoms. The second kappa shape index (κ2) is 5.94. The summed E-state index contributed by atoms with van der Waals surface area (Å²) in [6.45, 7) is 6.50. The van der Waals surface area contributed by atoms with Gasteiger partial charge in [-0.1, -0.05) is 37.6 Å². The Bertz CT molecular complexity index is 399. The van der Waals surface area contributed by atoms with Crippen molar-refractivity contribution in [2.75, 3.05) is 18.5 Å². The van der Waals surface area contributed by atoms with Crippen molar-refractivity contribution >= 4 is 17.3 Å². The highest BCUT2D eigenvalue weighted by atomic mass is 35.5. The molecular weight excluding hydrogens is 244 g/mol. The molecule has 0 unspecified atom stereocenters.